The lowest BCUT2D eigenvalue weighted by atomic mass is 9.96. The third kappa shape index (κ3) is 6.39. The van der Waals surface area contributed by atoms with E-state index in [1.165, 1.54) is 24.8 Å². The number of benzene rings is 2. The lowest BCUT2D eigenvalue weighted by Gasteiger charge is -2.28. The largest absolute Gasteiger partial charge is 0.388 e. The van der Waals surface area contributed by atoms with E-state index in [1.807, 2.05) is 50.6 Å². The topological polar surface area (TPSA) is 68.9 Å². The normalized spacial score (nSPS) is 14.1. The fourth-order valence-corrected chi connectivity index (χ4v) is 5.48. The predicted octanol–water partition coefficient (Wildman–Crippen LogP) is 7.87. The fraction of sp³-hybridized carbons (Fsp3) is 0.222. The highest BCUT2D eigenvalue weighted by Gasteiger charge is 2.19. The third-order valence-electron chi connectivity index (χ3n) is 7.73. The molecule has 0 atom stereocenters. The van der Waals surface area contributed by atoms with Gasteiger partial charge in [0.25, 0.3) is 0 Å². The van der Waals surface area contributed by atoms with E-state index in [1.54, 1.807) is 0 Å². The number of allylic oxidation sites excluding steroid dienone is 5. The van der Waals surface area contributed by atoms with E-state index in [2.05, 4.69) is 87.7 Å². The highest BCUT2D eigenvalue weighted by Crippen LogP contribution is 2.33. The summed E-state index contributed by atoms with van der Waals surface area (Å²) in [7, 11) is 1.93. The number of H-pyrrole nitrogens is 1. The summed E-state index contributed by atoms with van der Waals surface area (Å²) in [5, 5.41) is 6.77. The van der Waals surface area contributed by atoms with Gasteiger partial charge in [0.15, 0.2) is 0 Å². The molecular formula is C36H40N6. The molecule has 0 amide bonds. The standard InChI is InChI=1S/C36H40N6/c1-6-28(21-30(7-2)39-25(3)20-27-14-10-8-11-15-27)29-16-17-32(37-5)31(22-29)26(4)36-40-33-23-38-24-34(35(33)41-36)42-18-12-9-13-19-42/h6-8,10-11,14-17,21-24,37,39H,2-4,9,12-13,18-20H2,1,5H3,(H,40,41)/b28-6+,30-21+. The number of anilines is 2. The number of imidazole rings is 1. The van der Waals surface area contributed by atoms with Gasteiger partial charge >= 0.3 is 0 Å². The van der Waals surface area contributed by atoms with E-state index < -0.39 is 0 Å². The van der Waals surface area contributed by atoms with Crippen molar-refractivity contribution < 1.29 is 0 Å². The summed E-state index contributed by atoms with van der Waals surface area (Å²) in [6.45, 7) is 16.9. The van der Waals surface area contributed by atoms with Crippen LogP contribution in [0.2, 0.25) is 0 Å². The Morgan fingerprint density at radius 1 is 1.05 bits per heavy atom. The van der Waals surface area contributed by atoms with Crippen LogP contribution in [0.4, 0.5) is 11.4 Å². The van der Waals surface area contributed by atoms with Crippen LogP contribution in [0.1, 0.15) is 48.7 Å². The van der Waals surface area contributed by atoms with E-state index in [4.69, 9.17) is 4.98 Å². The minimum absolute atomic E-state index is 0.741. The minimum Gasteiger partial charge on any atom is -0.388 e. The molecule has 1 aliphatic heterocycles. The van der Waals surface area contributed by atoms with Crippen LogP contribution < -0.4 is 15.5 Å². The van der Waals surface area contributed by atoms with Crippen LogP contribution in [0.15, 0.2) is 110 Å². The summed E-state index contributed by atoms with van der Waals surface area (Å²) in [6, 6.07) is 16.7. The summed E-state index contributed by atoms with van der Waals surface area (Å²) >= 11 is 0. The maximum atomic E-state index is 5.04. The van der Waals surface area contributed by atoms with E-state index in [0.717, 1.165) is 81.4 Å². The van der Waals surface area contributed by atoms with Crippen molar-refractivity contribution in [2.75, 3.05) is 30.4 Å². The quantitative estimate of drug-likeness (QED) is 0.164. The Labute approximate surface area is 249 Å². The molecule has 2 aromatic carbocycles. The molecule has 0 unspecified atom stereocenters. The van der Waals surface area contributed by atoms with Crippen molar-refractivity contribution in [2.24, 2.45) is 0 Å². The summed E-state index contributed by atoms with van der Waals surface area (Å²) in [4.78, 5) is 15.4. The zero-order valence-corrected chi connectivity index (χ0v) is 24.7. The van der Waals surface area contributed by atoms with E-state index in [0.29, 0.717) is 0 Å². The Hall–Kier alpha value is -4.84. The van der Waals surface area contributed by atoms with Gasteiger partial charge in [0.2, 0.25) is 0 Å². The van der Waals surface area contributed by atoms with Crippen molar-refractivity contribution in [1.29, 1.82) is 0 Å². The van der Waals surface area contributed by atoms with Crippen LogP contribution >= 0.6 is 0 Å². The van der Waals surface area contributed by atoms with Gasteiger partial charge in [-0.2, -0.15) is 0 Å². The number of nitrogens with one attached hydrogen (secondary N) is 3. The van der Waals surface area contributed by atoms with E-state index >= 15 is 0 Å². The lowest BCUT2D eigenvalue weighted by molar-refractivity contribution is 0.578. The minimum atomic E-state index is 0.741. The van der Waals surface area contributed by atoms with Crippen LogP contribution in [0.5, 0.6) is 0 Å². The van der Waals surface area contributed by atoms with Crippen LogP contribution in [0.25, 0.3) is 22.2 Å². The number of pyridine rings is 1. The second kappa shape index (κ2) is 13.2. The van der Waals surface area contributed by atoms with Crippen LogP contribution in [0, 0.1) is 0 Å². The number of hydrogen-bond acceptors (Lipinski definition) is 5. The molecule has 1 aliphatic rings. The first kappa shape index (κ1) is 28.7. The molecule has 42 heavy (non-hydrogen) atoms. The van der Waals surface area contributed by atoms with Crippen molar-refractivity contribution in [1.82, 2.24) is 20.3 Å². The zero-order chi connectivity index (χ0) is 29.5. The monoisotopic (exact) mass is 556 g/mol. The van der Waals surface area contributed by atoms with Gasteiger partial charge in [-0.3, -0.25) is 4.98 Å². The first-order chi connectivity index (χ1) is 20.5. The Morgan fingerprint density at radius 2 is 1.83 bits per heavy atom. The number of aromatic nitrogens is 3. The second-order valence-corrected chi connectivity index (χ2v) is 10.6. The van der Waals surface area contributed by atoms with Crippen molar-refractivity contribution in [3.8, 4) is 0 Å². The third-order valence-corrected chi connectivity index (χ3v) is 7.73. The molecule has 2 aromatic heterocycles. The maximum absolute atomic E-state index is 5.04. The molecule has 1 saturated heterocycles. The number of fused-ring (bicyclic) bond motifs is 1. The molecule has 4 aromatic rings. The highest BCUT2D eigenvalue weighted by atomic mass is 15.2. The summed E-state index contributed by atoms with van der Waals surface area (Å²) in [6.07, 6.45) is 14.2. The Kier molecular flexibility index (Phi) is 9.02. The average molecular weight is 557 g/mol. The van der Waals surface area contributed by atoms with Crippen molar-refractivity contribution in [3.05, 3.63) is 133 Å². The molecular weight excluding hydrogens is 516 g/mol. The lowest BCUT2D eigenvalue weighted by Crippen LogP contribution is -2.29. The molecule has 0 saturated carbocycles. The van der Waals surface area contributed by atoms with Crippen molar-refractivity contribution >= 4 is 33.6 Å². The predicted molar refractivity (Wildman–Crippen MR) is 178 cm³/mol. The first-order valence-electron chi connectivity index (χ1n) is 14.6. The molecule has 3 heterocycles. The summed E-state index contributed by atoms with van der Waals surface area (Å²) < 4.78 is 0. The number of hydrogen-bond donors (Lipinski definition) is 3. The Bertz CT molecular complexity index is 1650. The van der Waals surface area contributed by atoms with Gasteiger partial charge in [-0.05, 0) is 67.2 Å². The van der Waals surface area contributed by atoms with E-state index in [-0.39, 0.29) is 0 Å². The molecule has 0 spiro atoms. The van der Waals surface area contributed by atoms with Crippen molar-refractivity contribution in [3.63, 3.8) is 0 Å². The average Bonchev–Trinajstić information content (AvgIpc) is 3.48. The van der Waals surface area contributed by atoms with Crippen molar-refractivity contribution in [2.45, 2.75) is 32.6 Å². The van der Waals surface area contributed by atoms with Crippen LogP contribution in [0.3, 0.4) is 0 Å². The fourth-order valence-electron chi connectivity index (χ4n) is 5.48. The maximum Gasteiger partial charge on any atom is 0.138 e. The van der Waals surface area contributed by atoms with Gasteiger partial charge < -0.3 is 20.5 Å². The summed E-state index contributed by atoms with van der Waals surface area (Å²) in [5.74, 6) is 0.744. The molecule has 214 valence electrons. The first-order valence-corrected chi connectivity index (χ1v) is 14.6. The van der Waals surface area contributed by atoms with Gasteiger partial charge in [0, 0.05) is 54.8 Å². The Morgan fingerprint density at radius 3 is 2.55 bits per heavy atom. The molecule has 3 N–H and O–H groups in total. The molecule has 5 rings (SSSR count). The Balaban J connectivity index is 1.42. The van der Waals surface area contributed by atoms with Gasteiger partial charge in [0.05, 0.1) is 23.6 Å². The van der Waals surface area contributed by atoms with Crippen LogP contribution in [-0.2, 0) is 6.42 Å². The SMILES string of the molecule is C=C/C(=C\C(=C/C)c1ccc(NC)c(C(=C)c2nc3c(N4CCCCC4)cncc3[nH]2)c1)NC(=C)Cc1ccccc1. The molecule has 1 fully saturated rings. The van der Waals surface area contributed by atoms with Gasteiger partial charge in [-0.25, -0.2) is 4.98 Å². The molecule has 6 nitrogen and oxygen atoms in total. The van der Waals surface area contributed by atoms with Gasteiger partial charge in [-0.1, -0.05) is 62.2 Å². The highest BCUT2D eigenvalue weighted by molar-refractivity contribution is 5.93. The van der Waals surface area contributed by atoms with Crippen LogP contribution in [-0.4, -0.2) is 35.1 Å². The number of nitrogens with zero attached hydrogens (tertiary/aromatic N) is 3. The smallest absolute Gasteiger partial charge is 0.138 e. The zero-order valence-electron chi connectivity index (χ0n) is 24.7. The summed E-state index contributed by atoms with van der Waals surface area (Å²) in [5.41, 5.74) is 10.9. The molecule has 0 aliphatic carbocycles. The van der Waals surface area contributed by atoms with Gasteiger partial charge in [-0.15, -0.1) is 0 Å². The molecule has 0 bridgehead atoms. The number of aromatic amines is 1. The molecule has 6 heteroatoms. The molecule has 0 radical (unpaired) electrons. The number of piperidine rings is 1. The number of rotatable bonds is 11. The van der Waals surface area contributed by atoms with E-state index in [9.17, 15) is 0 Å². The van der Waals surface area contributed by atoms with Gasteiger partial charge in [0.1, 0.15) is 11.3 Å². The second-order valence-electron chi connectivity index (χ2n) is 10.6.